The van der Waals surface area contributed by atoms with Crippen molar-refractivity contribution in [3.63, 3.8) is 0 Å². The number of hydrogen-bond acceptors (Lipinski definition) is 10. The van der Waals surface area contributed by atoms with Crippen LogP contribution in [0.3, 0.4) is 0 Å². The topological polar surface area (TPSA) is 210 Å². The lowest BCUT2D eigenvalue weighted by atomic mass is 9.96. The van der Waals surface area contributed by atoms with Gasteiger partial charge in [0, 0.05) is 44.7 Å². The van der Waals surface area contributed by atoms with E-state index < -0.39 is 114 Å². The molecule has 22 heteroatoms. The van der Waals surface area contributed by atoms with E-state index in [1.807, 2.05) is 13.8 Å². The number of nitrogens with zero attached hydrogens (tertiary/aromatic N) is 4. The van der Waals surface area contributed by atoms with Gasteiger partial charge in [0.05, 0.1) is 16.9 Å². The number of nitrogens with one attached hydrogen (secondary N) is 4. The van der Waals surface area contributed by atoms with Gasteiger partial charge in [-0.3, -0.25) is 38.5 Å². The Balaban J connectivity index is 1.28. The summed E-state index contributed by atoms with van der Waals surface area (Å²) in [5.41, 5.74) is -2.09. The molecule has 1 spiro atoms. The first-order valence-electron chi connectivity index (χ1n) is 22.1. The van der Waals surface area contributed by atoms with Gasteiger partial charge < -0.3 is 41.1 Å². The molecule has 2 aromatic rings. The number of benzene rings is 1. The first kappa shape index (κ1) is 50.5. The Morgan fingerprint density at radius 3 is 2.39 bits per heavy atom. The molecule has 3 heterocycles. The number of alkyl halides is 4. The number of rotatable bonds is 11. The van der Waals surface area contributed by atoms with E-state index >= 15 is 0 Å². The van der Waals surface area contributed by atoms with Crippen LogP contribution >= 0.6 is 22.9 Å². The first-order valence-corrected chi connectivity index (χ1v) is 23.4. The molecular weight excluding hydrogens is 912 g/mol. The van der Waals surface area contributed by atoms with Gasteiger partial charge in [0.2, 0.25) is 41.0 Å². The predicted octanol–water partition coefficient (Wildman–Crippen LogP) is 3.29. The summed E-state index contributed by atoms with van der Waals surface area (Å²) >= 11 is 7.84. The maximum absolute atomic E-state index is 14.7. The van der Waals surface area contributed by atoms with E-state index in [2.05, 4.69) is 26.3 Å². The molecule has 2 aliphatic carbocycles. The van der Waals surface area contributed by atoms with Crippen molar-refractivity contribution in [2.75, 3.05) is 27.2 Å². The molecule has 1 aromatic carbocycles. The molecule has 5 N–H and O–H groups in total. The normalized spacial score (nSPS) is 25.7. The van der Waals surface area contributed by atoms with Crippen LogP contribution in [-0.4, -0.2) is 147 Å². The number of aromatic nitrogens is 1. The van der Waals surface area contributed by atoms with E-state index in [4.69, 9.17) is 11.6 Å². The van der Waals surface area contributed by atoms with Crippen molar-refractivity contribution in [1.29, 1.82) is 0 Å². The zero-order valence-corrected chi connectivity index (χ0v) is 39.0. The zero-order chi connectivity index (χ0) is 48.5. The summed E-state index contributed by atoms with van der Waals surface area (Å²) < 4.78 is 55.6. The Morgan fingerprint density at radius 2 is 1.79 bits per heavy atom. The van der Waals surface area contributed by atoms with E-state index in [0.717, 1.165) is 15.3 Å². The number of likely N-dealkylation sites (tertiary alicyclic amines) is 1. The summed E-state index contributed by atoms with van der Waals surface area (Å²) in [5.74, 6) is -6.74. The number of carbonyl (C=O) groups excluding carboxylic acids is 7. The number of amides is 7. The summed E-state index contributed by atoms with van der Waals surface area (Å²) in [4.78, 5) is 106. The lowest BCUT2D eigenvalue weighted by Gasteiger charge is -2.36. The molecule has 0 bridgehead atoms. The molecule has 2 saturated heterocycles. The molecule has 2 saturated carbocycles. The van der Waals surface area contributed by atoms with Crippen molar-refractivity contribution in [2.24, 2.45) is 11.8 Å². The second-order valence-electron chi connectivity index (χ2n) is 18.5. The highest BCUT2D eigenvalue weighted by Gasteiger charge is 2.60. The Labute approximate surface area is 388 Å². The minimum absolute atomic E-state index is 0.0313. The van der Waals surface area contributed by atoms with E-state index in [0.29, 0.717) is 54.0 Å². The zero-order valence-electron chi connectivity index (χ0n) is 37.4. The van der Waals surface area contributed by atoms with Gasteiger partial charge >= 0.3 is 6.18 Å². The standard InChI is InChI=1S/C44H57ClF4N8O8S/c1-23(2)16-29-38(61)56(5)31(18-25-17-26(45)11-12-28(25)33-20-50-22-66-33)37(60)54-43(13-14-43)40(63)51-15-7-6-8-30(35(58)52-29)55(4)39(62)34(24-9-10-24)53-36(59)32-19-27(46)21-57(32)41(64)42(3,65)44(47,48)49/h11-12,17,20,22-24,27,29-32,34,65H,6-10,13-16,18-19,21H2,1-5H3,(H,51,63)(H,52,58)(H,53,59)(H,54,60)/t27-,29+,30+,31+,32+,34+,42-/m1/s1. The van der Waals surface area contributed by atoms with Gasteiger partial charge in [0.25, 0.3) is 5.91 Å². The number of carbonyl (C=O) groups is 7. The minimum Gasteiger partial charge on any atom is -0.373 e. The van der Waals surface area contributed by atoms with Crippen molar-refractivity contribution in [3.8, 4) is 10.4 Å². The van der Waals surface area contributed by atoms with E-state index in [-0.39, 0.29) is 38.6 Å². The van der Waals surface area contributed by atoms with Crippen molar-refractivity contribution in [1.82, 2.24) is 41.0 Å². The third kappa shape index (κ3) is 11.3. The van der Waals surface area contributed by atoms with Crippen molar-refractivity contribution in [3.05, 3.63) is 40.5 Å². The smallest absolute Gasteiger partial charge is 0.373 e. The maximum atomic E-state index is 14.7. The number of likely N-dealkylation sites (N-methyl/N-ethyl adjacent to an activating group) is 2. The molecule has 2 aliphatic heterocycles. The highest BCUT2D eigenvalue weighted by atomic mass is 35.5. The summed E-state index contributed by atoms with van der Waals surface area (Å²) in [7, 11) is 2.78. The van der Waals surface area contributed by atoms with Crippen LogP contribution in [0.25, 0.3) is 10.4 Å². The van der Waals surface area contributed by atoms with Crippen LogP contribution in [0, 0.1) is 11.8 Å². The van der Waals surface area contributed by atoms with Gasteiger partial charge in [-0.25, -0.2) is 4.39 Å². The van der Waals surface area contributed by atoms with Crippen LogP contribution in [0.2, 0.25) is 5.02 Å². The van der Waals surface area contributed by atoms with Crippen LogP contribution in [-0.2, 0) is 40.0 Å². The molecule has 1 aromatic heterocycles. The molecule has 6 rings (SSSR count). The number of aliphatic hydroxyl groups is 1. The summed E-state index contributed by atoms with van der Waals surface area (Å²) in [5, 5.41) is 21.6. The molecule has 16 nitrogen and oxygen atoms in total. The van der Waals surface area contributed by atoms with Crippen LogP contribution in [0.15, 0.2) is 29.9 Å². The fourth-order valence-corrected chi connectivity index (χ4v) is 9.45. The second kappa shape index (κ2) is 20.1. The number of thiazole rings is 1. The molecule has 0 radical (unpaired) electrons. The van der Waals surface area contributed by atoms with Crippen molar-refractivity contribution >= 4 is 64.3 Å². The molecule has 4 aliphatic rings. The predicted molar refractivity (Wildman–Crippen MR) is 234 cm³/mol. The Kier molecular flexibility index (Phi) is 15.4. The van der Waals surface area contributed by atoms with Gasteiger partial charge in [0.1, 0.15) is 41.9 Å². The second-order valence-corrected chi connectivity index (χ2v) is 19.8. The van der Waals surface area contributed by atoms with Crippen LogP contribution in [0.5, 0.6) is 0 Å². The molecule has 7 atom stereocenters. The fraction of sp³-hybridized carbons (Fsp3) is 0.636. The van der Waals surface area contributed by atoms with E-state index in [1.54, 1.807) is 29.9 Å². The average molecular weight is 969 g/mol. The Hall–Kier alpha value is -4.89. The van der Waals surface area contributed by atoms with Crippen LogP contribution < -0.4 is 21.3 Å². The van der Waals surface area contributed by atoms with Gasteiger partial charge in [-0.1, -0.05) is 31.5 Å². The van der Waals surface area contributed by atoms with Crippen molar-refractivity contribution in [2.45, 2.75) is 139 Å². The third-order valence-electron chi connectivity index (χ3n) is 12.9. The molecular formula is C44H57ClF4N8O8S. The van der Waals surface area contributed by atoms with Gasteiger partial charge in [-0.15, -0.1) is 11.3 Å². The molecule has 362 valence electrons. The SMILES string of the molecule is CC(C)C[C@@H]1NC(=O)[C@@H](N(C)C(=O)[C@@H](NC(=O)[C@@H]2C[C@@H](F)CN2C(=O)[C@@](C)(O)C(F)(F)F)C2CC2)CCCCNC(=O)C2(CC2)NC(=O)[C@H](Cc2cc(Cl)ccc2-c2cncs2)N(C)C1=O. The van der Waals surface area contributed by atoms with Gasteiger partial charge in [-0.05, 0) is 93.4 Å². The highest BCUT2D eigenvalue weighted by Crippen LogP contribution is 2.38. The monoisotopic (exact) mass is 968 g/mol. The first-order chi connectivity index (χ1) is 30.9. The largest absolute Gasteiger partial charge is 0.426 e. The van der Waals surface area contributed by atoms with E-state index in [9.17, 15) is 56.2 Å². The van der Waals surface area contributed by atoms with Gasteiger partial charge in [-0.2, -0.15) is 13.2 Å². The van der Waals surface area contributed by atoms with Gasteiger partial charge in [0.15, 0.2) is 0 Å². The molecule has 4 fully saturated rings. The quantitative estimate of drug-likeness (QED) is 0.209. The van der Waals surface area contributed by atoms with E-state index in [1.165, 1.54) is 30.3 Å². The number of hydrogen-bond donors (Lipinski definition) is 5. The fourth-order valence-electron chi connectivity index (χ4n) is 8.57. The maximum Gasteiger partial charge on any atom is 0.426 e. The lowest BCUT2D eigenvalue weighted by molar-refractivity contribution is -0.250. The molecule has 66 heavy (non-hydrogen) atoms. The third-order valence-corrected chi connectivity index (χ3v) is 14.0. The average Bonchev–Trinajstić information content (AvgIpc) is 4.15. The molecule has 7 amide bonds. The Morgan fingerprint density at radius 1 is 1.09 bits per heavy atom. The van der Waals surface area contributed by atoms with Crippen LogP contribution in [0.1, 0.15) is 84.1 Å². The lowest BCUT2D eigenvalue weighted by Crippen LogP contribution is -2.62. The van der Waals surface area contributed by atoms with Crippen LogP contribution in [0.4, 0.5) is 17.6 Å². The molecule has 0 unspecified atom stereocenters. The minimum atomic E-state index is -5.43. The summed E-state index contributed by atoms with van der Waals surface area (Å²) in [6.45, 7) is 3.17. The van der Waals surface area contributed by atoms with Crippen molar-refractivity contribution < 1.29 is 56.2 Å². The highest BCUT2D eigenvalue weighted by molar-refractivity contribution is 7.13. The Bertz CT molecular complexity index is 2170. The number of halogens is 5. The summed E-state index contributed by atoms with van der Waals surface area (Å²) in [6, 6.07) is -1.58. The summed E-state index contributed by atoms with van der Waals surface area (Å²) in [6.07, 6.45) is -3.92.